The first-order valence-corrected chi connectivity index (χ1v) is 12.7. The molecular weight excluding hydrogens is 510 g/mol. The molecule has 38 heavy (non-hydrogen) atoms. The van der Waals surface area contributed by atoms with E-state index in [4.69, 9.17) is 26.2 Å². The van der Waals surface area contributed by atoms with E-state index in [1.807, 2.05) is 22.4 Å². The molecule has 0 bridgehead atoms. The molecule has 1 saturated heterocycles. The van der Waals surface area contributed by atoms with E-state index in [-0.39, 0.29) is 24.2 Å². The summed E-state index contributed by atoms with van der Waals surface area (Å²) < 4.78 is 17.1. The number of aromatic nitrogens is 8. The van der Waals surface area contributed by atoms with E-state index in [2.05, 4.69) is 46.1 Å². The first-order valence-electron chi connectivity index (χ1n) is 12.3. The van der Waals surface area contributed by atoms with Gasteiger partial charge in [0, 0.05) is 36.9 Å². The molecule has 0 radical (unpaired) electrons. The predicted molar refractivity (Wildman–Crippen MR) is 141 cm³/mol. The molecule has 0 saturated carbocycles. The maximum Gasteiger partial charge on any atom is 0.210 e. The zero-order valence-corrected chi connectivity index (χ0v) is 22.2. The standard InChI is InChI=1S/C25H28ClN9O3/c1-25(2,3)18-9-19(32-35(18)15-6-8-37-17(15)13-36)30-24-31-23-22(33(24)4)21(26)16(11-28-23)38-14-10-27-20-5-7-29-34(20)12-14/h5,7,9-12,15,17,36H,6,8,13H2,1-4H3,(H,28,30,31,32). The number of hydrogen-bond donors (Lipinski definition) is 2. The van der Waals surface area contributed by atoms with Crippen molar-refractivity contribution >= 4 is 40.2 Å². The molecule has 198 valence electrons. The van der Waals surface area contributed by atoms with Gasteiger partial charge in [-0.15, -0.1) is 0 Å². The lowest BCUT2D eigenvalue weighted by Gasteiger charge is -2.25. The van der Waals surface area contributed by atoms with Crippen molar-refractivity contribution in [1.82, 2.24) is 38.9 Å². The Morgan fingerprint density at radius 3 is 2.89 bits per heavy atom. The minimum Gasteiger partial charge on any atom is -0.451 e. The van der Waals surface area contributed by atoms with Crippen LogP contribution in [0.5, 0.6) is 11.5 Å². The second kappa shape index (κ2) is 9.22. The summed E-state index contributed by atoms with van der Waals surface area (Å²) in [5.74, 6) is 2.00. The number of imidazole rings is 1. The van der Waals surface area contributed by atoms with Crippen LogP contribution < -0.4 is 10.1 Å². The lowest BCUT2D eigenvalue weighted by Crippen LogP contribution is -2.29. The van der Waals surface area contributed by atoms with Crippen molar-refractivity contribution in [3.63, 3.8) is 0 Å². The van der Waals surface area contributed by atoms with Gasteiger partial charge in [0.2, 0.25) is 5.95 Å². The van der Waals surface area contributed by atoms with Crippen molar-refractivity contribution < 1.29 is 14.6 Å². The number of hydrogen-bond acceptors (Lipinski definition) is 9. The Kier molecular flexibility index (Phi) is 5.97. The van der Waals surface area contributed by atoms with E-state index in [1.165, 1.54) is 6.20 Å². The maximum atomic E-state index is 9.80. The summed E-state index contributed by atoms with van der Waals surface area (Å²) in [4.78, 5) is 13.4. The summed E-state index contributed by atoms with van der Waals surface area (Å²) in [6.07, 6.45) is 7.03. The molecule has 13 heteroatoms. The number of nitrogens with one attached hydrogen (secondary N) is 1. The molecule has 5 aromatic rings. The highest BCUT2D eigenvalue weighted by molar-refractivity contribution is 6.36. The zero-order chi connectivity index (χ0) is 26.6. The van der Waals surface area contributed by atoms with E-state index in [0.717, 1.165) is 12.1 Å². The minimum absolute atomic E-state index is 0.0449. The average Bonchev–Trinajstić information content (AvgIpc) is 3.66. The van der Waals surface area contributed by atoms with Crippen LogP contribution >= 0.6 is 11.6 Å². The van der Waals surface area contributed by atoms with Gasteiger partial charge in [-0.25, -0.2) is 14.5 Å². The number of pyridine rings is 1. The van der Waals surface area contributed by atoms with Crippen LogP contribution in [0.1, 0.15) is 38.9 Å². The number of aliphatic hydroxyl groups is 1. The fraction of sp³-hybridized carbons (Fsp3) is 0.400. The van der Waals surface area contributed by atoms with Gasteiger partial charge in [0.15, 0.2) is 28.6 Å². The molecule has 0 aromatic carbocycles. The molecule has 1 aliphatic rings. The Hall–Kier alpha value is -3.74. The normalized spacial score (nSPS) is 18.1. The molecular formula is C25H28ClN9O3. The van der Waals surface area contributed by atoms with Gasteiger partial charge >= 0.3 is 0 Å². The van der Waals surface area contributed by atoms with Gasteiger partial charge in [-0.3, -0.25) is 4.68 Å². The van der Waals surface area contributed by atoms with Gasteiger partial charge in [0.05, 0.1) is 37.4 Å². The number of ether oxygens (including phenoxy) is 2. The number of rotatable bonds is 6. The molecule has 6 rings (SSSR count). The van der Waals surface area contributed by atoms with Crippen molar-refractivity contribution in [2.24, 2.45) is 7.05 Å². The number of anilines is 2. The molecule has 5 aromatic heterocycles. The van der Waals surface area contributed by atoms with Crippen LogP contribution in [0.3, 0.4) is 0 Å². The van der Waals surface area contributed by atoms with E-state index in [9.17, 15) is 5.11 Å². The third-order valence-electron chi connectivity index (χ3n) is 6.67. The van der Waals surface area contributed by atoms with E-state index >= 15 is 0 Å². The van der Waals surface area contributed by atoms with Gasteiger partial charge in [-0.05, 0) is 6.42 Å². The van der Waals surface area contributed by atoms with Gasteiger partial charge < -0.3 is 24.5 Å². The molecule has 0 amide bonds. The van der Waals surface area contributed by atoms with Crippen molar-refractivity contribution in [2.75, 3.05) is 18.5 Å². The fourth-order valence-corrected chi connectivity index (χ4v) is 5.04. The van der Waals surface area contributed by atoms with Crippen LogP contribution in [0.25, 0.3) is 16.8 Å². The van der Waals surface area contributed by atoms with E-state index < -0.39 is 0 Å². The number of fused-ring (bicyclic) bond motifs is 2. The van der Waals surface area contributed by atoms with Crippen molar-refractivity contribution in [3.8, 4) is 11.5 Å². The molecule has 1 aliphatic heterocycles. The predicted octanol–water partition coefficient (Wildman–Crippen LogP) is 4.02. The average molecular weight is 538 g/mol. The van der Waals surface area contributed by atoms with Crippen LogP contribution in [-0.4, -0.2) is 63.3 Å². The summed E-state index contributed by atoms with van der Waals surface area (Å²) in [7, 11) is 1.85. The van der Waals surface area contributed by atoms with E-state index in [0.29, 0.717) is 51.7 Å². The SMILES string of the molecule is Cn1c(Nc2cc(C(C)(C)C)n(C3CCOC3CO)n2)nc2ncc(Oc3cnc4ccnn4c3)c(Cl)c21. The number of aliphatic hydroxyl groups excluding tert-OH is 1. The lowest BCUT2D eigenvalue weighted by atomic mass is 9.91. The summed E-state index contributed by atoms with van der Waals surface area (Å²) in [6, 6.07) is 3.76. The molecule has 2 atom stereocenters. The second-order valence-electron chi connectivity index (χ2n) is 10.3. The second-order valence-corrected chi connectivity index (χ2v) is 10.7. The van der Waals surface area contributed by atoms with Crippen LogP contribution in [-0.2, 0) is 17.2 Å². The Bertz CT molecular complexity index is 1630. The summed E-state index contributed by atoms with van der Waals surface area (Å²) in [6.45, 7) is 6.94. The summed E-state index contributed by atoms with van der Waals surface area (Å²) in [5.41, 5.74) is 2.64. The Balaban J connectivity index is 1.32. The highest BCUT2D eigenvalue weighted by atomic mass is 35.5. The van der Waals surface area contributed by atoms with Gasteiger partial charge in [-0.1, -0.05) is 32.4 Å². The molecule has 0 aliphatic carbocycles. The Morgan fingerprint density at radius 1 is 1.26 bits per heavy atom. The van der Waals surface area contributed by atoms with Crippen LogP contribution in [0, 0.1) is 0 Å². The van der Waals surface area contributed by atoms with Gasteiger partial charge in [-0.2, -0.15) is 15.2 Å². The van der Waals surface area contributed by atoms with Crippen molar-refractivity contribution in [2.45, 2.75) is 44.8 Å². The van der Waals surface area contributed by atoms with Crippen molar-refractivity contribution in [1.29, 1.82) is 0 Å². The quantitative estimate of drug-likeness (QED) is 0.330. The zero-order valence-electron chi connectivity index (χ0n) is 21.5. The number of nitrogens with zero attached hydrogens (tertiary/aromatic N) is 8. The first-order chi connectivity index (χ1) is 18.2. The first kappa shape index (κ1) is 24.6. The molecule has 2 unspecified atom stereocenters. The van der Waals surface area contributed by atoms with Crippen LogP contribution in [0.2, 0.25) is 5.02 Å². The monoisotopic (exact) mass is 537 g/mol. The Morgan fingerprint density at radius 2 is 2.11 bits per heavy atom. The number of aryl methyl sites for hydroxylation is 1. The smallest absolute Gasteiger partial charge is 0.210 e. The van der Waals surface area contributed by atoms with Gasteiger partial charge in [0.1, 0.15) is 16.6 Å². The molecule has 1 fully saturated rings. The largest absolute Gasteiger partial charge is 0.451 e. The maximum absolute atomic E-state index is 9.80. The topological polar surface area (TPSA) is 129 Å². The molecule has 12 nitrogen and oxygen atoms in total. The summed E-state index contributed by atoms with van der Waals surface area (Å²) in [5, 5.41) is 22.5. The molecule has 2 N–H and O–H groups in total. The lowest BCUT2D eigenvalue weighted by molar-refractivity contribution is 0.0391. The fourth-order valence-electron chi connectivity index (χ4n) is 4.74. The third kappa shape index (κ3) is 4.24. The van der Waals surface area contributed by atoms with Crippen LogP contribution in [0.15, 0.2) is 36.9 Å². The highest BCUT2D eigenvalue weighted by Gasteiger charge is 2.34. The third-order valence-corrected chi connectivity index (χ3v) is 7.03. The van der Waals surface area contributed by atoms with Crippen LogP contribution in [0.4, 0.5) is 11.8 Å². The molecule has 0 spiro atoms. The van der Waals surface area contributed by atoms with Crippen molar-refractivity contribution in [3.05, 3.63) is 47.6 Å². The minimum atomic E-state index is -0.287. The number of halogens is 1. The Labute approximate surface area is 223 Å². The summed E-state index contributed by atoms with van der Waals surface area (Å²) >= 11 is 6.76. The van der Waals surface area contributed by atoms with Gasteiger partial charge in [0.25, 0.3) is 0 Å². The highest BCUT2D eigenvalue weighted by Crippen LogP contribution is 2.37. The van der Waals surface area contributed by atoms with E-state index in [1.54, 1.807) is 29.2 Å². The molecule has 6 heterocycles.